The SMILES string of the molecule is COc1ccnc2[nH]cc(CN)c12. The van der Waals surface area contributed by atoms with Crippen LogP contribution in [0.2, 0.25) is 0 Å². The molecule has 0 aliphatic rings. The van der Waals surface area contributed by atoms with Gasteiger partial charge in [-0.05, 0) is 11.6 Å². The van der Waals surface area contributed by atoms with E-state index in [-0.39, 0.29) is 0 Å². The van der Waals surface area contributed by atoms with E-state index >= 15 is 0 Å². The van der Waals surface area contributed by atoms with E-state index < -0.39 is 0 Å². The summed E-state index contributed by atoms with van der Waals surface area (Å²) in [5.74, 6) is 0.812. The summed E-state index contributed by atoms with van der Waals surface area (Å²) < 4.78 is 5.21. The molecular weight excluding hydrogens is 166 g/mol. The number of hydrogen-bond acceptors (Lipinski definition) is 3. The van der Waals surface area contributed by atoms with Crippen molar-refractivity contribution in [1.82, 2.24) is 9.97 Å². The maximum atomic E-state index is 5.58. The zero-order valence-corrected chi connectivity index (χ0v) is 7.37. The molecule has 0 spiro atoms. The molecule has 0 aliphatic carbocycles. The Morgan fingerprint density at radius 1 is 1.62 bits per heavy atom. The molecule has 0 fully saturated rings. The monoisotopic (exact) mass is 177 g/mol. The average molecular weight is 177 g/mol. The largest absolute Gasteiger partial charge is 0.496 e. The van der Waals surface area contributed by atoms with Gasteiger partial charge in [-0.25, -0.2) is 4.98 Å². The van der Waals surface area contributed by atoms with Crippen LogP contribution in [0.3, 0.4) is 0 Å². The highest BCUT2D eigenvalue weighted by molar-refractivity contribution is 5.86. The number of hydrogen-bond donors (Lipinski definition) is 2. The predicted molar refractivity (Wildman–Crippen MR) is 50.5 cm³/mol. The zero-order chi connectivity index (χ0) is 9.26. The summed E-state index contributed by atoms with van der Waals surface area (Å²) in [5.41, 5.74) is 7.43. The van der Waals surface area contributed by atoms with Crippen LogP contribution in [0.25, 0.3) is 11.0 Å². The van der Waals surface area contributed by atoms with E-state index in [0.717, 1.165) is 22.3 Å². The van der Waals surface area contributed by atoms with Crippen LogP contribution in [0.4, 0.5) is 0 Å². The van der Waals surface area contributed by atoms with Gasteiger partial charge in [-0.1, -0.05) is 0 Å². The number of aromatic nitrogens is 2. The molecule has 2 aromatic rings. The Morgan fingerprint density at radius 2 is 2.46 bits per heavy atom. The van der Waals surface area contributed by atoms with Gasteiger partial charge in [0.1, 0.15) is 11.4 Å². The molecule has 0 atom stereocenters. The number of nitrogens with zero attached hydrogens (tertiary/aromatic N) is 1. The molecule has 0 saturated carbocycles. The minimum absolute atomic E-state index is 0.488. The molecule has 2 rings (SSSR count). The second kappa shape index (κ2) is 3.06. The van der Waals surface area contributed by atoms with Crippen molar-refractivity contribution in [3.63, 3.8) is 0 Å². The van der Waals surface area contributed by atoms with Gasteiger partial charge in [-0.15, -0.1) is 0 Å². The smallest absolute Gasteiger partial charge is 0.141 e. The van der Waals surface area contributed by atoms with Gasteiger partial charge in [-0.2, -0.15) is 0 Å². The first-order chi connectivity index (χ1) is 6.36. The fourth-order valence-corrected chi connectivity index (χ4v) is 1.42. The Balaban J connectivity index is 2.76. The molecule has 4 heteroatoms. The topological polar surface area (TPSA) is 63.9 Å². The lowest BCUT2D eigenvalue weighted by Crippen LogP contribution is -1.95. The molecule has 4 nitrogen and oxygen atoms in total. The minimum Gasteiger partial charge on any atom is -0.496 e. The number of nitrogens with one attached hydrogen (secondary N) is 1. The summed E-state index contributed by atoms with van der Waals surface area (Å²) >= 11 is 0. The van der Waals surface area contributed by atoms with Crippen LogP contribution in [0.5, 0.6) is 5.75 Å². The highest BCUT2D eigenvalue weighted by Gasteiger charge is 2.07. The third-order valence-corrected chi connectivity index (χ3v) is 2.06. The van der Waals surface area contributed by atoms with Crippen molar-refractivity contribution in [1.29, 1.82) is 0 Å². The van der Waals surface area contributed by atoms with E-state index in [1.54, 1.807) is 13.3 Å². The number of methoxy groups -OCH3 is 1. The summed E-state index contributed by atoms with van der Waals surface area (Å²) in [6, 6.07) is 1.83. The van der Waals surface area contributed by atoms with Gasteiger partial charge in [0, 0.05) is 18.9 Å². The maximum Gasteiger partial charge on any atom is 0.141 e. The standard InChI is InChI=1S/C9H11N3O/c1-13-7-2-3-11-9-8(7)6(4-10)5-12-9/h2-3,5H,4,10H2,1H3,(H,11,12). The summed E-state index contributed by atoms with van der Waals surface area (Å²) in [6.07, 6.45) is 3.57. The minimum atomic E-state index is 0.488. The Hall–Kier alpha value is -1.55. The number of aromatic amines is 1. The first kappa shape index (κ1) is 8.07. The Bertz CT molecular complexity index is 422. The van der Waals surface area contributed by atoms with Crippen LogP contribution >= 0.6 is 0 Å². The molecule has 0 bridgehead atoms. The number of pyridine rings is 1. The third-order valence-electron chi connectivity index (χ3n) is 2.06. The molecule has 0 aliphatic heterocycles. The number of ether oxygens (including phenoxy) is 1. The normalized spacial score (nSPS) is 10.6. The molecule has 13 heavy (non-hydrogen) atoms. The lowest BCUT2D eigenvalue weighted by atomic mass is 10.2. The Kier molecular flexibility index (Phi) is 1.90. The number of fused-ring (bicyclic) bond motifs is 1. The highest BCUT2D eigenvalue weighted by Crippen LogP contribution is 2.26. The van der Waals surface area contributed by atoms with Gasteiger partial charge >= 0.3 is 0 Å². The van der Waals surface area contributed by atoms with Gasteiger partial charge < -0.3 is 15.5 Å². The van der Waals surface area contributed by atoms with Crippen molar-refractivity contribution in [2.45, 2.75) is 6.54 Å². The first-order valence-electron chi connectivity index (χ1n) is 4.06. The van der Waals surface area contributed by atoms with E-state index in [4.69, 9.17) is 10.5 Å². The van der Waals surface area contributed by atoms with Crippen LogP contribution < -0.4 is 10.5 Å². The zero-order valence-electron chi connectivity index (χ0n) is 7.37. The molecule has 2 heterocycles. The van der Waals surface area contributed by atoms with E-state index in [1.165, 1.54) is 0 Å². The van der Waals surface area contributed by atoms with Gasteiger partial charge in [0.05, 0.1) is 12.5 Å². The van der Waals surface area contributed by atoms with Crippen LogP contribution in [0.1, 0.15) is 5.56 Å². The summed E-state index contributed by atoms with van der Waals surface area (Å²) in [4.78, 5) is 7.21. The third kappa shape index (κ3) is 1.15. The molecule has 2 aromatic heterocycles. The number of nitrogens with two attached hydrogens (primary N) is 1. The van der Waals surface area contributed by atoms with Crippen LogP contribution in [-0.2, 0) is 6.54 Å². The second-order valence-electron chi connectivity index (χ2n) is 2.75. The van der Waals surface area contributed by atoms with Crippen molar-refractivity contribution in [2.24, 2.45) is 5.73 Å². The molecule has 0 amide bonds. The molecule has 3 N–H and O–H groups in total. The maximum absolute atomic E-state index is 5.58. The summed E-state index contributed by atoms with van der Waals surface area (Å²) in [6.45, 7) is 0.488. The second-order valence-corrected chi connectivity index (χ2v) is 2.75. The summed E-state index contributed by atoms with van der Waals surface area (Å²) in [5, 5.41) is 0.979. The van der Waals surface area contributed by atoms with Gasteiger partial charge in [0.25, 0.3) is 0 Å². The van der Waals surface area contributed by atoms with Crippen molar-refractivity contribution in [3.05, 3.63) is 24.0 Å². The van der Waals surface area contributed by atoms with Crippen molar-refractivity contribution in [2.75, 3.05) is 7.11 Å². The fourth-order valence-electron chi connectivity index (χ4n) is 1.42. The lowest BCUT2D eigenvalue weighted by Gasteiger charge is -2.01. The number of rotatable bonds is 2. The Morgan fingerprint density at radius 3 is 3.15 bits per heavy atom. The molecule has 68 valence electrons. The fraction of sp³-hybridized carbons (Fsp3) is 0.222. The van der Waals surface area contributed by atoms with Crippen molar-refractivity contribution < 1.29 is 4.74 Å². The van der Waals surface area contributed by atoms with E-state index in [9.17, 15) is 0 Å². The van der Waals surface area contributed by atoms with E-state index in [1.807, 2.05) is 12.3 Å². The molecule has 0 unspecified atom stereocenters. The van der Waals surface area contributed by atoms with Crippen LogP contribution in [-0.4, -0.2) is 17.1 Å². The number of H-pyrrole nitrogens is 1. The molecule has 0 aromatic carbocycles. The van der Waals surface area contributed by atoms with Crippen molar-refractivity contribution >= 4 is 11.0 Å². The van der Waals surface area contributed by atoms with Crippen LogP contribution in [0.15, 0.2) is 18.5 Å². The molecular formula is C9H11N3O. The quantitative estimate of drug-likeness (QED) is 0.720. The Labute approximate surface area is 75.7 Å². The van der Waals surface area contributed by atoms with E-state index in [0.29, 0.717) is 6.54 Å². The van der Waals surface area contributed by atoms with Gasteiger partial charge in [-0.3, -0.25) is 0 Å². The van der Waals surface area contributed by atoms with Gasteiger partial charge in [0.15, 0.2) is 0 Å². The van der Waals surface area contributed by atoms with Gasteiger partial charge in [0.2, 0.25) is 0 Å². The molecule has 0 saturated heterocycles. The highest BCUT2D eigenvalue weighted by atomic mass is 16.5. The van der Waals surface area contributed by atoms with Crippen molar-refractivity contribution in [3.8, 4) is 5.75 Å². The van der Waals surface area contributed by atoms with E-state index in [2.05, 4.69) is 9.97 Å². The first-order valence-corrected chi connectivity index (χ1v) is 4.06. The summed E-state index contributed by atoms with van der Waals surface area (Å²) in [7, 11) is 1.64. The predicted octanol–water partition coefficient (Wildman–Crippen LogP) is 1.03. The molecule has 0 radical (unpaired) electrons. The van der Waals surface area contributed by atoms with Crippen LogP contribution in [0, 0.1) is 0 Å². The lowest BCUT2D eigenvalue weighted by molar-refractivity contribution is 0.419. The average Bonchev–Trinajstić information content (AvgIpc) is 2.60.